The maximum atomic E-state index is 12.1. The van der Waals surface area contributed by atoms with Crippen molar-refractivity contribution < 1.29 is 9.21 Å². The van der Waals surface area contributed by atoms with E-state index in [0.29, 0.717) is 6.54 Å². The molecule has 2 amide bonds. The molecule has 2 atom stereocenters. The number of aryl methyl sites for hydroxylation is 1. The molecule has 2 rings (SSSR count). The van der Waals surface area contributed by atoms with Crippen molar-refractivity contribution in [3.63, 3.8) is 0 Å². The Morgan fingerprint density at radius 3 is 2.68 bits per heavy atom. The summed E-state index contributed by atoms with van der Waals surface area (Å²) in [5, 5.41) is 7.87. The highest BCUT2D eigenvalue weighted by Gasteiger charge is 2.17. The minimum atomic E-state index is -0.190. The molecule has 0 aliphatic rings. The van der Waals surface area contributed by atoms with Crippen molar-refractivity contribution in [3.05, 3.63) is 46.0 Å². The van der Waals surface area contributed by atoms with Gasteiger partial charge in [0.05, 0.1) is 12.1 Å². The number of thiophene rings is 1. The molecule has 0 saturated heterocycles. The molecule has 5 nitrogen and oxygen atoms in total. The molecule has 2 heterocycles. The summed E-state index contributed by atoms with van der Waals surface area (Å²) in [4.78, 5) is 15.4. The minimum Gasteiger partial charge on any atom is -0.464 e. The van der Waals surface area contributed by atoms with E-state index >= 15 is 0 Å². The Kier molecular flexibility index (Phi) is 5.63. The van der Waals surface area contributed by atoms with Crippen LogP contribution in [0.15, 0.2) is 34.1 Å². The average Bonchev–Trinajstić information content (AvgIpc) is 3.10. The third kappa shape index (κ3) is 4.35. The molecule has 120 valence electrons. The van der Waals surface area contributed by atoms with Crippen molar-refractivity contribution in [3.8, 4) is 0 Å². The van der Waals surface area contributed by atoms with Gasteiger partial charge in [0.15, 0.2) is 0 Å². The molecular weight excluding hydrogens is 298 g/mol. The molecule has 0 aliphatic carbocycles. The third-order valence-electron chi connectivity index (χ3n) is 3.49. The lowest BCUT2D eigenvalue weighted by Gasteiger charge is -2.24. The van der Waals surface area contributed by atoms with Gasteiger partial charge in [-0.3, -0.25) is 0 Å². The van der Waals surface area contributed by atoms with Crippen molar-refractivity contribution >= 4 is 17.4 Å². The highest BCUT2D eigenvalue weighted by atomic mass is 32.1. The molecule has 22 heavy (non-hydrogen) atoms. The van der Waals surface area contributed by atoms with Crippen molar-refractivity contribution in [2.75, 3.05) is 20.6 Å². The first-order valence-corrected chi connectivity index (χ1v) is 8.16. The zero-order chi connectivity index (χ0) is 16.1. The Labute approximate surface area is 135 Å². The molecule has 2 aromatic rings. The third-order valence-corrected chi connectivity index (χ3v) is 4.46. The lowest BCUT2D eigenvalue weighted by molar-refractivity contribution is 0.229. The molecule has 0 unspecified atom stereocenters. The number of urea groups is 1. The fourth-order valence-electron chi connectivity index (χ4n) is 2.21. The van der Waals surface area contributed by atoms with Gasteiger partial charge in [-0.1, -0.05) is 6.07 Å². The van der Waals surface area contributed by atoms with E-state index in [0.717, 1.165) is 11.5 Å². The van der Waals surface area contributed by atoms with Crippen LogP contribution in [0.4, 0.5) is 4.79 Å². The number of nitrogens with one attached hydrogen (secondary N) is 2. The molecule has 0 saturated carbocycles. The van der Waals surface area contributed by atoms with Gasteiger partial charge in [-0.05, 0) is 51.5 Å². The van der Waals surface area contributed by atoms with Crippen LogP contribution in [0.3, 0.4) is 0 Å². The van der Waals surface area contributed by atoms with Crippen molar-refractivity contribution in [1.82, 2.24) is 15.5 Å². The molecule has 0 radical (unpaired) electrons. The normalized spacial score (nSPS) is 13.9. The van der Waals surface area contributed by atoms with Crippen LogP contribution in [0.2, 0.25) is 0 Å². The lowest BCUT2D eigenvalue weighted by Crippen LogP contribution is -2.41. The summed E-state index contributed by atoms with van der Waals surface area (Å²) in [6.07, 6.45) is 0. The standard InChI is InChI=1S/C16H23N3O2S/c1-11-7-8-14(21-11)12(2)18-16(20)17-10-13(19(3)4)15-6-5-9-22-15/h5-9,12-13H,10H2,1-4H3,(H2,17,18,20)/t12-,13+/m1/s1. The second-order valence-corrected chi connectivity index (χ2v) is 6.50. The number of carbonyl (C=O) groups is 1. The number of hydrogen-bond donors (Lipinski definition) is 2. The van der Waals surface area contributed by atoms with Crippen molar-refractivity contribution in [1.29, 1.82) is 0 Å². The van der Waals surface area contributed by atoms with Gasteiger partial charge in [0.2, 0.25) is 0 Å². The Balaban J connectivity index is 1.86. The van der Waals surface area contributed by atoms with E-state index in [1.54, 1.807) is 11.3 Å². The monoisotopic (exact) mass is 321 g/mol. The Bertz CT molecular complexity index is 592. The van der Waals surface area contributed by atoms with Gasteiger partial charge in [0.1, 0.15) is 11.5 Å². The highest BCUT2D eigenvalue weighted by molar-refractivity contribution is 7.10. The van der Waals surface area contributed by atoms with Crippen LogP contribution in [0, 0.1) is 6.92 Å². The number of rotatable bonds is 6. The topological polar surface area (TPSA) is 57.5 Å². The predicted octanol–water partition coefficient (Wildman–Crippen LogP) is 3.31. The van der Waals surface area contributed by atoms with Gasteiger partial charge in [-0.15, -0.1) is 11.3 Å². The summed E-state index contributed by atoms with van der Waals surface area (Å²) < 4.78 is 5.52. The maximum Gasteiger partial charge on any atom is 0.315 e. The van der Waals surface area contributed by atoms with Gasteiger partial charge in [0, 0.05) is 11.4 Å². The van der Waals surface area contributed by atoms with Gasteiger partial charge >= 0.3 is 6.03 Å². The van der Waals surface area contributed by atoms with E-state index in [4.69, 9.17) is 4.42 Å². The highest BCUT2D eigenvalue weighted by Crippen LogP contribution is 2.22. The first-order valence-electron chi connectivity index (χ1n) is 7.28. The Morgan fingerprint density at radius 2 is 2.14 bits per heavy atom. The van der Waals surface area contributed by atoms with Crippen LogP contribution in [0.1, 0.15) is 35.4 Å². The van der Waals surface area contributed by atoms with Gasteiger partial charge in [-0.25, -0.2) is 4.79 Å². The second-order valence-electron chi connectivity index (χ2n) is 5.52. The quantitative estimate of drug-likeness (QED) is 0.858. The largest absolute Gasteiger partial charge is 0.464 e. The van der Waals surface area contributed by atoms with Crippen LogP contribution in [0.25, 0.3) is 0 Å². The first-order chi connectivity index (χ1) is 10.5. The summed E-state index contributed by atoms with van der Waals surface area (Å²) in [7, 11) is 4.02. The SMILES string of the molecule is Cc1ccc([C@@H](C)NC(=O)NC[C@@H](c2cccs2)N(C)C)o1. The molecule has 0 aliphatic heterocycles. The predicted molar refractivity (Wildman–Crippen MR) is 89.1 cm³/mol. The molecule has 2 aromatic heterocycles. The summed E-state index contributed by atoms with van der Waals surface area (Å²) in [5.74, 6) is 1.60. The summed E-state index contributed by atoms with van der Waals surface area (Å²) in [6, 6.07) is 7.71. The number of carbonyl (C=O) groups excluding carboxylic acids is 1. The number of likely N-dealkylation sites (N-methyl/N-ethyl adjacent to an activating group) is 1. The van der Waals surface area contributed by atoms with E-state index < -0.39 is 0 Å². The minimum absolute atomic E-state index is 0.159. The summed E-state index contributed by atoms with van der Waals surface area (Å²) in [6.45, 7) is 4.35. The van der Waals surface area contributed by atoms with Gasteiger partial charge in [-0.2, -0.15) is 0 Å². The second kappa shape index (κ2) is 7.47. The average molecular weight is 321 g/mol. The molecule has 2 N–H and O–H groups in total. The van der Waals surface area contributed by atoms with E-state index in [-0.39, 0.29) is 18.1 Å². The summed E-state index contributed by atoms with van der Waals surface area (Å²) in [5.41, 5.74) is 0. The number of nitrogens with zero attached hydrogens (tertiary/aromatic N) is 1. The van der Waals surface area contributed by atoms with Crippen molar-refractivity contribution in [2.45, 2.75) is 25.9 Å². The van der Waals surface area contributed by atoms with Crippen LogP contribution in [0.5, 0.6) is 0 Å². The molecule has 6 heteroatoms. The number of furan rings is 1. The maximum absolute atomic E-state index is 12.1. The summed E-state index contributed by atoms with van der Waals surface area (Å²) >= 11 is 1.70. The lowest BCUT2D eigenvalue weighted by atomic mass is 10.2. The van der Waals surface area contributed by atoms with E-state index in [9.17, 15) is 4.79 Å². The molecular formula is C16H23N3O2S. The van der Waals surface area contributed by atoms with Crippen LogP contribution in [-0.4, -0.2) is 31.6 Å². The fraction of sp³-hybridized carbons (Fsp3) is 0.438. The zero-order valence-corrected chi connectivity index (χ0v) is 14.2. The van der Waals surface area contributed by atoms with E-state index in [1.807, 2.05) is 51.5 Å². The molecule has 0 bridgehead atoms. The zero-order valence-electron chi connectivity index (χ0n) is 13.4. The molecule has 0 aromatic carbocycles. The molecule has 0 fully saturated rings. The fourth-order valence-corrected chi connectivity index (χ4v) is 3.14. The Hall–Kier alpha value is -1.79. The molecule has 0 spiro atoms. The number of amides is 2. The van der Waals surface area contributed by atoms with Gasteiger partial charge in [0.25, 0.3) is 0 Å². The van der Waals surface area contributed by atoms with Crippen LogP contribution >= 0.6 is 11.3 Å². The van der Waals surface area contributed by atoms with Gasteiger partial charge < -0.3 is 20.0 Å². The smallest absolute Gasteiger partial charge is 0.315 e. The van der Waals surface area contributed by atoms with Crippen LogP contribution < -0.4 is 10.6 Å². The van der Waals surface area contributed by atoms with Crippen LogP contribution in [-0.2, 0) is 0 Å². The van der Waals surface area contributed by atoms with E-state index in [2.05, 4.69) is 21.6 Å². The van der Waals surface area contributed by atoms with E-state index in [1.165, 1.54) is 4.88 Å². The Morgan fingerprint density at radius 1 is 1.36 bits per heavy atom. The van der Waals surface area contributed by atoms with Crippen molar-refractivity contribution in [2.24, 2.45) is 0 Å². The first kappa shape index (κ1) is 16.6. The number of hydrogen-bond acceptors (Lipinski definition) is 4.